The zero-order valence-corrected chi connectivity index (χ0v) is 24.1. The van der Waals surface area contributed by atoms with E-state index in [2.05, 4.69) is 5.32 Å². The van der Waals surface area contributed by atoms with Gasteiger partial charge in [-0.2, -0.15) is 13.2 Å². The zero-order chi connectivity index (χ0) is 30.3. The SMILES string of the molecule is CCC(C(=O)NC1CCCC1)N(Cc1ccccc1)C(=O)CN(c1cccc(C(F)(F)F)c1)S(=O)(=O)c1ccccc1. The van der Waals surface area contributed by atoms with Gasteiger partial charge in [0.05, 0.1) is 16.1 Å². The quantitative estimate of drug-likeness (QED) is 0.303. The molecular formula is C31H34F3N3O4S. The van der Waals surface area contributed by atoms with Crippen LogP contribution in [0.4, 0.5) is 18.9 Å². The third-order valence-corrected chi connectivity index (χ3v) is 9.14. The molecule has 1 atom stereocenters. The van der Waals surface area contributed by atoms with Crippen molar-refractivity contribution in [3.63, 3.8) is 0 Å². The predicted molar refractivity (Wildman–Crippen MR) is 154 cm³/mol. The Morgan fingerprint density at radius 2 is 1.55 bits per heavy atom. The summed E-state index contributed by atoms with van der Waals surface area (Å²) in [5, 5.41) is 3.03. The van der Waals surface area contributed by atoms with Gasteiger partial charge in [-0.3, -0.25) is 13.9 Å². The molecular weight excluding hydrogens is 567 g/mol. The van der Waals surface area contributed by atoms with Gasteiger partial charge in [-0.15, -0.1) is 0 Å². The molecule has 42 heavy (non-hydrogen) atoms. The second kappa shape index (κ2) is 13.4. The lowest BCUT2D eigenvalue weighted by Crippen LogP contribution is -2.53. The van der Waals surface area contributed by atoms with E-state index >= 15 is 0 Å². The minimum atomic E-state index is -4.73. The van der Waals surface area contributed by atoms with Gasteiger partial charge in [0, 0.05) is 12.6 Å². The van der Waals surface area contributed by atoms with Gasteiger partial charge in [-0.1, -0.05) is 74.4 Å². The monoisotopic (exact) mass is 601 g/mol. The van der Waals surface area contributed by atoms with Crippen molar-refractivity contribution in [3.8, 4) is 0 Å². The standard InChI is InChI=1S/C31H34F3N3O4S/c1-2-28(30(39)35-25-15-9-10-16-25)36(21-23-12-5-3-6-13-23)29(38)22-37(42(40,41)27-18-7-4-8-19-27)26-17-11-14-24(20-26)31(32,33)34/h3-8,11-14,17-20,25,28H,2,9-10,15-16,21-22H2,1H3,(H,35,39). The second-order valence-corrected chi connectivity index (χ2v) is 12.2. The Hall–Kier alpha value is -3.86. The van der Waals surface area contributed by atoms with Gasteiger partial charge in [0.25, 0.3) is 10.0 Å². The van der Waals surface area contributed by atoms with Crippen LogP contribution in [0.15, 0.2) is 89.8 Å². The van der Waals surface area contributed by atoms with Crippen molar-refractivity contribution in [3.05, 3.63) is 96.1 Å². The number of halogens is 3. The van der Waals surface area contributed by atoms with Crippen LogP contribution < -0.4 is 9.62 Å². The van der Waals surface area contributed by atoms with Gasteiger partial charge in [0.15, 0.2) is 0 Å². The Labute approximate surface area is 244 Å². The van der Waals surface area contributed by atoms with Gasteiger partial charge in [0.2, 0.25) is 11.8 Å². The highest BCUT2D eigenvalue weighted by atomic mass is 32.2. The van der Waals surface area contributed by atoms with E-state index in [4.69, 9.17) is 0 Å². The van der Waals surface area contributed by atoms with Crippen LogP contribution in [0, 0.1) is 0 Å². The molecule has 3 aromatic carbocycles. The maximum absolute atomic E-state index is 14.1. The van der Waals surface area contributed by atoms with E-state index in [0.717, 1.165) is 43.4 Å². The molecule has 0 aliphatic heterocycles. The molecule has 0 saturated heterocycles. The van der Waals surface area contributed by atoms with Gasteiger partial charge >= 0.3 is 6.18 Å². The molecule has 1 N–H and O–H groups in total. The Kier molecular flexibility index (Phi) is 9.93. The molecule has 0 heterocycles. The summed E-state index contributed by atoms with van der Waals surface area (Å²) in [4.78, 5) is 28.6. The highest BCUT2D eigenvalue weighted by molar-refractivity contribution is 7.92. The van der Waals surface area contributed by atoms with Crippen LogP contribution in [0.2, 0.25) is 0 Å². The normalized spacial score (nSPS) is 14.8. The first kappa shape index (κ1) is 31.1. The number of hydrogen-bond donors (Lipinski definition) is 1. The van der Waals surface area contributed by atoms with Crippen molar-refractivity contribution in [2.75, 3.05) is 10.8 Å². The minimum Gasteiger partial charge on any atom is -0.352 e. The fourth-order valence-corrected chi connectivity index (χ4v) is 6.58. The van der Waals surface area contributed by atoms with Crippen LogP contribution in [0.1, 0.15) is 50.2 Å². The molecule has 224 valence electrons. The van der Waals surface area contributed by atoms with Crippen LogP contribution in [0.25, 0.3) is 0 Å². The van der Waals surface area contributed by atoms with E-state index in [-0.39, 0.29) is 35.5 Å². The van der Waals surface area contributed by atoms with E-state index < -0.39 is 40.3 Å². The molecule has 1 saturated carbocycles. The first-order chi connectivity index (χ1) is 20.0. The lowest BCUT2D eigenvalue weighted by Gasteiger charge is -2.34. The maximum atomic E-state index is 14.1. The van der Waals surface area contributed by atoms with Crippen LogP contribution in [0.3, 0.4) is 0 Å². The van der Waals surface area contributed by atoms with E-state index in [1.165, 1.54) is 35.2 Å². The summed E-state index contributed by atoms with van der Waals surface area (Å²) in [6.45, 7) is 0.964. The number of anilines is 1. The van der Waals surface area contributed by atoms with Crippen molar-refractivity contribution in [2.45, 2.75) is 68.7 Å². The van der Waals surface area contributed by atoms with Gasteiger partial charge in [-0.25, -0.2) is 8.42 Å². The maximum Gasteiger partial charge on any atom is 0.416 e. The molecule has 3 aromatic rings. The van der Waals surface area contributed by atoms with Gasteiger partial charge in [0.1, 0.15) is 12.6 Å². The molecule has 0 spiro atoms. The number of alkyl halides is 3. The number of amides is 2. The summed E-state index contributed by atoms with van der Waals surface area (Å²) in [6.07, 6.45) is -0.796. The Morgan fingerprint density at radius 1 is 0.929 bits per heavy atom. The summed E-state index contributed by atoms with van der Waals surface area (Å²) in [6, 6.07) is 19.1. The average molecular weight is 602 g/mol. The molecule has 1 aliphatic rings. The van der Waals surface area contributed by atoms with E-state index in [1.54, 1.807) is 37.3 Å². The van der Waals surface area contributed by atoms with Gasteiger partial charge in [-0.05, 0) is 55.2 Å². The molecule has 11 heteroatoms. The molecule has 1 fully saturated rings. The number of carbonyl (C=O) groups is 2. The summed E-state index contributed by atoms with van der Waals surface area (Å²) < 4.78 is 69.1. The zero-order valence-electron chi connectivity index (χ0n) is 23.3. The van der Waals surface area contributed by atoms with Crippen LogP contribution in [-0.4, -0.2) is 43.8 Å². The number of nitrogens with one attached hydrogen (secondary N) is 1. The molecule has 2 amide bonds. The van der Waals surface area contributed by atoms with Crippen molar-refractivity contribution in [1.29, 1.82) is 0 Å². The summed E-state index contributed by atoms with van der Waals surface area (Å²) >= 11 is 0. The Morgan fingerprint density at radius 3 is 2.14 bits per heavy atom. The topological polar surface area (TPSA) is 86.8 Å². The molecule has 0 aromatic heterocycles. The highest BCUT2D eigenvalue weighted by Gasteiger charge is 2.36. The van der Waals surface area contributed by atoms with Crippen molar-refractivity contribution < 1.29 is 31.2 Å². The van der Waals surface area contributed by atoms with Crippen molar-refractivity contribution in [2.24, 2.45) is 0 Å². The van der Waals surface area contributed by atoms with Gasteiger partial charge < -0.3 is 10.2 Å². The van der Waals surface area contributed by atoms with Crippen molar-refractivity contribution in [1.82, 2.24) is 10.2 Å². The van der Waals surface area contributed by atoms with Crippen LogP contribution in [0.5, 0.6) is 0 Å². The number of hydrogen-bond acceptors (Lipinski definition) is 4. The molecule has 7 nitrogen and oxygen atoms in total. The highest BCUT2D eigenvalue weighted by Crippen LogP contribution is 2.33. The largest absolute Gasteiger partial charge is 0.416 e. The number of sulfonamides is 1. The van der Waals surface area contributed by atoms with E-state index in [0.29, 0.717) is 10.4 Å². The molecule has 0 radical (unpaired) electrons. The summed E-state index contributed by atoms with van der Waals surface area (Å²) in [5.74, 6) is -1.06. The summed E-state index contributed by atoms with van der Waals surface area (Å²) in [7, 11) is -4.47. The number of benzene rings is 3. The summed E-state index contributed by atoms with van der Waals surface area (Å²) in [5.41, 5.74) is -0.649. The molecule has 1 unspecified atom stereocenters. The number of nitrogens with zero attached hydrogens (tertiary/aromatic N) is 2. The van der Waals surface area contributed by atoms with Crippen molar-refractivity contribution >= 4 is 27.5 Å². The van der Waals surface area contributed by atoms with E-state index in [9.17, 15) is 31.2 Å². The average Bonchev–Trinajstić information content (AvgIpc) is 3.49. The molecule has 4 rings (SSSR count). The molecule has 1 aliphatic carbocycles. The minimum absolute atomic E-state index is 0.000271. The lowest BCUT2D eigenvalue weighted by molar-refractivity contribution is -0.140. The van der Waals surface area contributed by atoms with E-state index in [1.807, 2.05) is 6.07 Å². The fourth-order valence-electron chi connectivity index (χ4n) is 5.15. The number of carbonyl (C=O) groups excluding carboxylic acids is 2. The number of rotatable bonds is 11. The van der Waals surface area contributed by atoms with Crippen LogP contribution >= 0.6 is 0 Å². The third kappa shape index (κ3) is 7.50. The van der Waals surface area contributed by atoms with Crippen LogP contribution in [-0.2, 0) is 32.3 Å². The molecule has 0 bridgehead atoms. The predicted octanol–water partition coefficient (Wildman–Crippen LogP) is 5.77. The lowest BCUT2D eigenvalue weighted by atomic mass is 10.1. The Balaban J connectivity index is 1.74. The fraction of sp³-hybridized carbons (Fsp3) is 0.355. The first-order valence-electron chi connectivity index (χ1n) is 13.9. The first-order valence-corrected chi connectivity index (χ1v) is 15.3. The smallest absolute Gasteiger partial charge is 0.352 e. The third-order valence-electron chi connectivity index (χ3n) is 7.35. The second-order valence-electron chi connectivity index (χ2n) is 10.3. The Bertz CT molecular complexity index is 1460.